The van der Waals surface area contributed by atoms with Gasteiger partial charge in [0.25, 0.3) is 0 Å². The van der Waals surface area contributed by atoms with Gasteiger partial charge in [0, 0.05) is 19.0 Å². The number of rotatable bonds is 5. The Bertz CT molecular complexity index is 1250. The first-order chi connectivity index (χ1) is 17.2. The monoisotopic (exact) mass is 494 g/mol. The van der Waals surface area contributed by atoms with Gasteiger partial charge in [-0.1, -0.05) is 5.92 Å². The maximum atomic E-state index is 13.6. The van der Waals surface area contributed by atoms with Crippen molar-refractivity contribution in [2.24, 2.45) is 0 Å². The molecule has 3 aliphatic heterocycles. The fourth-order valence-electron chi connectivity index (χ4n) is 4.60. The Balaban J connectivity index is 1.37. The van der Waals surface area contributed by atoms with Crippen LogP contribution in [-0.4, -0.2) is 77.8 Å². The van der Waals surface area contributed by atoms with Crippen molar-refractivity contribution in [1.82, 2.24) is 15.0 Å². The van der Waals surface area contributed by atoms with E-state index in [0.29, 0.717) is 31.8 Å². The number of terminal acetylenes is 1. The topological polar surface area (TPSA) is 128 Å². The third kappa shape index (κ3) is 4.27. The van der Waals surface area contributed by atoms with E-state index in [-0.39, 0.29) is 35.9 Å². The lowest BCUT2D eigenvalue weighted by molar-refractivity contribution is -0.141. The minimum Gasteiger partial charge on any atom is -0.475 e. The Kier molecular flexibility index (Phi) is 5.89. The van der Waals surface area contributed by atoms with Gasteiger partial charge in [-0.25, -0.2) is 24.5 Å². The van der Waals surface area contributed by atoms with E-state index in [2.05, 4.69) is 31.1 Å². The van der Waals surface area contributed by atoms with E-state index in [1.165, 1.54) is 24.4 Å². The summed E-state index contributed by atoms with van der Waals surface area (Å²) >= 11 is 0. The highest BCUT2D eigenvalue weighted by atomic mass is 16.7. The van der Waals surface area contributed by atoms with Crippen molar-refractivity contribution in [2.45, 2.75) is 37.7 Å². The lowest BCUT2D eigenvalue weighted by Gasteiger charge is -2.41. The molecule has 2 atom stereocenters. The molecule has 0 aromatic carbocycles. The zero-order chi connectivity index (χ0) is 25.5. The molecule has 3 aliphatic rings. The molecule has 2 bridgehead atoms. The van der Waals surface area contributed by atoms with E-state index in [1.807, 2.05) is 13.8 Å². The van der Waals surface area contributed by atoms with Crippen molar-refractivity contribution in [3.05, 3.63) is 30.2 Å². The molecule has 2 fully saturated rings. The predicted molar refractivity (Wildman–Crippen MR) is 128 cm³/mol. The number of pyridine rings is 1. The van der Waals surface area contributed by atoms with E-state index in [1.54, 1.807) is 12.1 Å². The molecular weight excluding hydrogens is 468 g/mol. The summed E-state index contributed by atoms with van der Waals surface area (Å²) in [6.07, 6.45) is 7.52. The van der Waals surface area contributed by atoms with Crippen molar-refractivity contribution >= 4 is 29.3 Å². The number of hydrogen-bond donors (Lipinski definition) is 1. The number of anilines is 3. The summed E-state index contributed by atoms with van der Waals surface area (Å²) < 4.78 is 21.8. The molecule has 2 saturated heterocycles. The number of ether oxygens (including phenoxy) is 4. The number of carbonyl (C=O) groups is 2. The number of methoxy groups -OCH3 is 1. The van der Waals surface area contributed by atoms with Crippen LogP contribution in [0.1, 0.15) is 30.8 Å². The van der Waals surface area contributed by atoms with Crippen LogP contribution in [0.2, 0.25) is 0 Å². The van der Waals surface area contributed by atoms with Gasteiger partial charge in [0.05, 0.1) is 25.9 Å². The van der Waals surface area contributed by atoms with Crippen LogP contribution in [0, 0.1) is 12.3 Å². The number of urea groups is 1. The van der Waals surface area contributed by atoms with Crippen molar-refractivity contribution in [3.63, 3.8) is 0 Å². The summed E-state index contributed by atoms with van der Waals surface area (Å²) in [5, 5.41) is 2.77. The van der Waals surface area contributed by atoms with Gasteiger partial charge in [-0.15, -0.1) is 6.42 Å². The van der Waals surface area contributed by atoms with Gasteiger partial charge < -0.3 is 23.8 Å². The molecule has 0 spiro atoms. The summed E-state index contributed by atoms with van der Waals surface area (Å²) in [6, 6.07) is 4.28. The lowest BCUT2D eigenvalue weighted by Crippen LogP contribution is -2.57. The van der Waals surface area contributed by atoms with Crippen LogP contribution in [0.3, 0.4) is 0 Å². The van der Waals surface area contributed by atoms with Crippen LogP contribution in [0.25, 0.3) is 0 Å². The van der Waals surface area contributed by atoms with Gasteiger partial charge in [-0.2, -0.15) is 0 Å². The van der Waals surface area contributed by atoms with Crippen molar-refractivity contribution in [2.75, 3.05) is 48.5 Å². The van der Waals surface area contributed by atoms with E-state index >= 15 is 0 Å². The molecule has 12 heteroatoms. The zero-order valence-electron chi connectivity index (χ0n) is 20.2. The summed E-state index contributed by atoms with van der Waals surface area (Å²) in [5.74, 6) is 2.27. The number of nitrogens with zero attached hydrogens (tertiary/aromatic N) is 5. The average Bonchev–Trinajstić information content (AvgIpc) is 3.42. The molecule has 188 valence electrons. The first-order valence-electron chi connectivity index (χ1n) is 11.4. The molecule has 1 N–H and O–H groups in total. The number of nitrogens with one attached hydrogen (secondary N) is 1. The summed E-state index contributed by atoms with van der Waals surface area (Å²) in [5.41, 5.74) is -0.157. The molecule has 1 unspecified atom stereocenters. The minimum absolute atomic E-state index is 0.0720. The van der Waals surface area contributed by atoms with Gasteiger partial charge in [0.15, 0.2) is 17.3 Å². The van der Waals surface area contributed by atoms with Crippen molar-refractivity contribution in [3.8, 4) is 18.2 Å². The van der Waals surface area contributed by atoms with Crippen LogP contribution in [-0.2, 0) is 14.2 Å². The number of esters is 1. The van der Waals surface area contributed by atoms with E-state index in [0.717, 1.165) is 0 Å². The highest BCUT2D eigenvalue weighted by Gasteiger charge is 2.51. The molecule has 12 nitrogen and oxygen atoms in total. The molecule has 5 rings (SSSR count). The first-order valence-corrected chi connectivity index (χ1v) is 11.4. The molecule has 36 heavy (non-hydrogen) atoms. The standard InChI is InChI=1S/C24H26N6O6/c1-5-24-8-9-29(13-24)17-7-6-16(21(31)33-4)27-20(17)30(24)22(32)28-18-10-19(26-14-25-18)34-11-15-12-35-23(2,3)36-15/h1,6-7,10,14-15H,8-9,11-13H2,2-4H3,(H,25,26,28,32)/t15-,24?/m1/s1. The Morgan fingerprint density at radius 2 is 2.17 bits per heavy atom. The molecule has 0 saturated carbocycles. The highest BCUT2D eigenvalue weighted by molar-refractivity contribution is 6.06. The number of hydrogen-bond acceptors (Lipinski definition) is 10. The van der Waals surface area contributed by atoms with E-state index < -0.39 is 23.3 Å². The Hall–Kier alpha value is -3.95. The Labute approximate surface area is 207 Å². The van der Waals surface area contributed by atoms with Gasteiger partial charge in [0.2, 0.25) is 5.88 Å². The van der Waals surface area contributed by atoms with Crippen LogP contribution in [0.15, 0.2) is 24.5 Å². The third-order valence-electron chi connectivity index (χ3n) is 6.31. The third-order valence-corrected chi connectivity index (χ3v) is 6.31. The largest absolute Gasteiger partial charge is 0.475 e. The zero-order valence-corrected chi connectivity index (χ0v) is 20.2. The Morgan fingerprint density at radius 3 is 2.89 bits per heavy atom. The molecule has 0 aliphatic carbocycles. The van der Waals surface area contributed by atoms with Crippen molar-refractivity contribution in [1.29, 1.82) is 0 Å². The quantitative estimate of drug-likeness (QED) is 0.485. The SMILES string of the molecule is C#CC12CCN(C1)c1ccc(C(=O)OC)nc1N2C(=O)Nc1cc(OC[C@@H]2COC(C)(C)O2)ncn1. The van der Waals surface area contributed by atoms with E-state index in [9.17, 15) is 9.59 Å². The number of fused-ring (bicyclic) bond motifs is 4. The molecule has 5 heterocycles. The van der Waals surface area contributed by atoms with Crippen molar-refractivity contribution < 1.29 is 28.5 Å². The average molecular weight is 495 g/mol. The molecule has 2 aromatic heterocycles. The normalized spacial score (nSPS) is 23.6. The van der Waals surface area contributed by atoms with Crippen LogP contribution in [0.4, 0.5) is 22.1 Å². The van der Waals surface area contributed by atoms with Gasteiger partial charge >= 0.3 is 12.0 Å². The number of carbonyl (C=O) groups excluding carboxylic acids is 2. The fraction of sp³-hybridized carbons (Fsp3) is 0.458. The molecular formula is C24H26N6O6. The van der Waals surface area contributed by atoms with Crippen LogP contribution < -0.4 is 19.9 Å². The van der Waals surface area contributed by atoms with Gasteiger partial charge in [-0.05, 0) is 26.0 Å². The molecule has 0 radical (unpaired) electrons. The second kappa shape index (κ2) is 8.92. The smallest absolute Gasteiger partial charge is 0.356 e. The number of amides is 2. The molecule has 2 amide bonds. The number of aromatic nitrogens is 3. The van der Waals surface area contributed by atoms with Gasteiger partial charge in [0.1, 0.15) is 30.4 Å². The summed E-state index contributed by atoms with van der Waals surface area (Å²) in [4.78, 5) is 41.9. The molecule has 2 aromatic rings. The fourth-order valence-corrected chi connectivity index (χ4v) is 4.60. The highest BCUT2D eigenvalue weighted by Crippen LogP contribution is 2.44. The van der Waals surface area contributed by atoms with E-state index in [4.69, 9.17) is 25.4 Å². The predicted octanol–water partition coefficient (Wildman–Crippen LogP) is 1.82. The summed E-state index contributed by atoms with van der Waals surface area (Å²) in [7, 11) is 1.27. The lowest BCUT2D eigenvalue weighted by atomic mass is 9.96. The maximum absolute atomic E-state index is 13.6. The second-order valence-corrected chi connectivity index (χ2v) is 9.15. The summed E-state index contributed by atoms with van der Waals surface area (Å²) in [6.45, 7) is 5.39. The maximum Gasteiger partial charge on any atom is 0.356 e. The Morgan fingerprint density at radius 1 is 1.33 bits per heavy atom. The van der Waals surface area contributed by atoms with Gasteiger partial charge in [-0.3, -0.25) is 10.2 Å². The van der Waals surface area contributed by atoms with Crippen LogP contribution >= 0.6 is 0 Å². The van der Waals surface area contributed by atoms with Crippen LogP contribution in [0.5, 0.6) is 5.88 Å². The first kappa shape index (κ1) is 23.8. The second-order valence-electron chi connectivity index (χ2n) is 9.15. The minimum atomic E-state index is -0.933.